The molecule has 1 N–H and O–H groups in total. The molecular formula is C16H18O. The average molecular weight is 226 g/mol. The van der Waals surface area contributed by atoms with E-state index in [2.05, 4.69) is 32.9 Å². The van der Waals surface area contributed by atoms with Crippen molar-refractivity contribution >= 4 is 0 Å². The molecule has 17 heavy (non-hydrogen) atoms. The molecule has 1 heteroatoms. The fraction of sp³-hybridized carbons (Fsp3) is 0.250. The Labute approximate surface area is 103 Å². The molecule has 0 aliphatic carbocycles. The third-order valence-corrected chi connectivity index (χ3v) is 2.94. The van der Waals surface area contributed by atoms with Gasteiger partial charge in [0.05, 0.1) is 0 Å². The van der Waals surface area contributed by atoms with Crippen molar-refractivity contribution in [1.29, 1.82) is 0 Å². The molecule has 0 amide bonds. The largest absolute Gasteiger partial charge is 0.507 e. The SMILES string of the molecule is CC(C)(C)c1cccc(-c2ccccc2O)c1. The van der Waals surface area contributed by atoms with E-state index in [4.69, 9.17) is 0 Å². The molecular weight excluding hydrogens is 208 g/mol. The Balaban J connectivity index is 2.51. The van der Waals surface area contributed by atoms with Crippen LogP contribution in [0.2, 0.25) is 0 Å². The van der Waals surface area contributed by atoms with Gasteiger partial charge < -0.3 is 5.11 Å². The molecule has 0 spiro atoms. The fourth-order valence-electron chi connectivity index (χ4n) is 1.87. The highest BCUT2D eigenvalue weighted by Crippen LogP contribution is 2.31. The summed E-state index contributed by atoms with van der Waals surface area (Å²) in [4.78, 5) is 0. The van der Waals surface area contributed by atoms with Crippen molar-refractivity contribution in [2.75, 3.05) is 0 Å². The summed E-state index contributed by atoms with van der Waals surface area (Å²) < 4.78 is 0. The van der Waals surface area contributed by atoms with Crippen molar-refractivity contribution in [1.82, 2.24) is 0 Å². The Hall–Kier alpha value is -1.76. The molecule has 0 aromatic heterocycles. The van der Waals surface area contributed by atoms with E-state index in [1.807, 2.05) is 30.3 Å². The first-order valence-corrected chi connectivity index (χ1v) is 5.87. The second kappa shape index (κ2) is 4.25. The molecule has 0 atom stereocenters. The summed E-state index contributed by atoms with van der Waals surface area (Å²) in [5.74, 6) is 0.332. The number of para-hydroxylation sites is 1. The van der Waals surface area contributed by atoms with E-state index in [1.54, 1.807) is 6.07 Å². The number of hydrogen-bond acceptors (Lipinski definition) is 1. The maximum Gasteiger partial charge on any atom is 0.123 e. The van der Waals surface area contributed by atoms with Crippen molar-refractivity contribution in [3.05, 3.63) is 54.1 Å². The molecule has 2 rings (SSSR count). The maximum atomic E-state index is 9.86. The Morgan fingerprint density at radius 3 is 2.24 bits per heavy atom. The summed E-state index contributed by atoms with van der Waals surface area (Å²) >= 11 is 0. The second-order valence-electron chi connectivity index (χ2n) is 5.35. The molecule has 1 nitrogen and oxygen atoms in total. The first-order valence-electron chi connectivity index (χ1n) is 5.87. The lowest BCUT2D eigenvalue weighted by Crippen LogP contribution is -2.10. The lowest BCUT2D eigenvalue weighted by atomic mass is 9.85. The first kappa shape index (κ1) is 11.7. The Morgan fingerprint density at radius 2 is 1.59 bits per heavy atom. The van der Waals surface area contributed by atoms with Crippen LogP contribution in [0, 0.1) is 0 Å². The summed E-state index contributed by atoms with van der Waals surface area (Å²) in [6.45, 7) is 6.57. The number of phenolic OH excluding ortho intramolecular Hbond substituents is 1. The van der Waals surface area contributed by atoms with E-state index >= 15 is 0 Å². The summed E-state index contributed by atoms with van der Waals surface area (Å²) in [7, 11) is 0. The minimum absolute atomic E-state index is 0.125. The van der Waals surface area contributed by atoms with Gasteiger partial charge >= 0.3 is 0 Å². The molecule has 0 heterocycles. The van der Waals surface area contributed by atoms with Crippen LogP contribution >= 0.6 is 0 Å². The predicted molar refractivity (Wildman–Crippen MR) is 72.2 cm³/mol. The minimum atomic E-state index is 0.125. The molecule has 0 saturated heterocycles. The zero-order valence-corrected chi connectivity index (χ0v) is 10.6. The summed E-state index contributed by atoms with van der Waals surface area (Å²) in [6.07, 6.45) is 0. The molecule has 0 bridgehead atoms. The molecule has 0 fully saturated rings. The van der Waals surface area contributed by atoms with E-state index in [-0.39, 0.29) is 5.41 Å². The topological polar surface area (TPSA) is 20.2 Å². The molecule has 2 aromatic carbocycles. The van der Waals surface area contributed by atoms with Gasteiger partial charge in [-0.2, -0.15) is 0 Å². The highest BCUT2D eigenvalue weighted by atomic mass is 16.3. The fourth-order valence-corrected chi connectivity index (χ4v) is 1.87. The van der Waals surface area contributed by atoms with Crippen LogP contribution in [-0.2, 0) is 5.41 Å². The van der Waals surface area contributed by atoms with Crippen molar-refractivity contribution in [2.45, 2.75) is 26.2 Å². The van der Waals surface area contributed by atoms with Gasteiger partial charge in [0.2, 0.25) is 0 Å². The quantitative estimate of drug-likeness (QED) is 0.766. The van der Waals surface area contributed by atoms with Gasteiger partial charge in [-0.1, -0.05) is 63.2 Å². The molecule has 88 valence electrons. The lowest BCUT2D eigenvalue weighted by Gasteiger charge is -2.20. The minimum Gasteiger partial charge on any atom is -0.507 e. The van der Waals surface area contributed by atoms with Gasteiger partial charge in [-0.15, -0.1) is 0 Å². The van der Waals surface area contributed by atoms with Crippen molar-refractivity contribution < 1.29 is 5.11 Å². The van der Waals surface area contributed by atoms with Crippen molar-refractivity contribution in [2.24, 2.45) is 0 Å². The van der Waals surface area contributed by atoms with E-state index in [0.29, 0.717) is 5.75 Å². The molecule has 0 radical (unpaired) electrons. The van der Waals surface area contributed by atoms with Gasteiger partial charge in [0.15, 0.2) is 0 Å². The van der Waals surface area contributed by atoms with Crippen LogP contribution in [0.3, 0.4) is 0 Å². The Bertz CT molecular complexity index is 521. The van der Waals surface area contributed by atoms with E-state index in [1.165, 1.54) is 5.56 Å². The Kier molecular flexibility index (Phi) is 2.93. The number of rotatable bonds is 1. The Morgan fingerprint density at radius 1 is 0.882 bits per heavy atom. The van der Waals surface area contributed by atoms with Crippen molar-refractivity contribution in [3.63, 3.8) is 0 Å². The molecule has 0 saturated carbocycles. The number of phenols is 1. The molecule has 0 aliphatic heterocycles. The number of aromatic hydroxyl groups is 1. The third kappa shape index (κ3) is 2.50. The van der Waals surface area contributed by atoms with Gasteiger partial charge in [0, 0.05) is 5.56 Å². The normalized spacial score (nSPS) is 11.5. The zero-order chi connectivity index (χ0) is 12.5. The van der Waals surface area contributed by atoms with E-state index in [9.17, 15) is 5.11 Å². The van der Waals surface area contributed by atoms with Gasteiger partial charge in [0.25, 0.3) is 0 Å². The smallest absolute Gasteiger partial charge is 0.123 e. The monoisotopic (exact) mass is 226 g/mol. The van der Waals surface area contributed by atoms with Crippen LogP contribution in [0.4, 0.5) is 0 Å². The summed E-state index contributed by atoms with van der Waals surface area (Å²) in [6, 6.07) is 15.8. The van der Waals surface area contributed by atoms with Crippen LogP contribution in [0.1, 0.15) is 26.3 Å². The zero-order valence-electron chi connectivity index (χ0n) is 10.6. The van der Waals surface area contributed by atoms with Gasteiger partial charge in [0.1, 0.15) is 5.75 Å². The van der Waals surface area contributed by atoms with E-state index in [0.717, 1.165) is 11.1 Å². The van der Waals surface area contributed by atoms with Crippen LogP contribution in [0.25, 0.3) is 11.1 Å². The molecule has 2 aromatic rings. The van der Waals surface area contributed by atoms with Gasteiger partial charge in [-0.25, -0.2) is 0 Å². The van der Waals surface area contributed by atoms with Crippen LogP contribution < -0.4 is 0 Å². The van der Waals surface area contributed by atoms with Gasteiger partial charge in [-0.3, -0.25) is 0 Å². The van der Waals surface area contributed by atoms with Crippen molar-refractivity contribution in [3.8, 4) is 16.9 Å². The van der Waals surface area contributed by atoms with Crippen LogP contribution in [-0.4, -0.2) is 5.11 Å². The lowest BCUT2D eigenvalue weighted by molar-refractivity contribution is 0.477. The van der Waals surface area contributed by atoms with Gasteiger partial charge in [-0.05, 0) is 22.6 Å². The number of hydrogen-bond donors (Lipinski definition) is 1. The molecule has 0 unspecified atom stereocenters. The summed E-state index contributed by atoms with van der Waals surface area (Å²) in [5, 5.41) is 9.86. The third-order valence-electron chi connectivity index (χ3n) is 2.94. The maximum absolute atomic E-state index is 9.86. The highest BCUT2D eigenvalue weighted by Gasteiger charge is 2.14. The second-order valence-corrected chi connectivity index (χ2v) is 5.35. The summed E-state index contributed by atoms with van der Waals surface area (Å²) in [5.41, 5.74) is 3.35. The van der Waals surface area contributed by atoms with E-state index < -0.39 is 0 Å². The number of benzene rings is 2. The van der Waals surface area contributed by atoms with Crippen LogP contribution in [0.5, 0.6) is 5.75 Å². The highest BCUT2D eigenvalue weighted by molar-refractivity contribution is 5.70. The average Bonchev–Trinajstić information content (AvgIpc) is 2.29. The molecule has 0 aliphatic rings. The predicted octanol–water partition coefficient (Wildman–Crippen LogP) is 4.36. The first-order chi connectivity index (χ1) is 7.98. The standard InChI is InChI=1S/C16H18O/c1-16(2,3)13-8-6-7-12(11-13)14-9-4-5-10-15(14)17/h4-11,17H,1-3H3. The van der Waals surface area contributed by atoms with Crippen LogP contribution in [0.15, 0.2) is 48.5 Å².